The van der Waals surface area contributed by atoms with Crippen molar-refractivity contribution in [2.24, 2.45) is 5.10 Å². The van der Waals surface area contributed by atoms with Crippen molar-refractivity contribution in [2.45, 2.75) is 57.7 Å². The van der Waals surface area contributed by atoms with Gasteiger partial charge in [-0.3, -0.25) is 5.43 Å². The highest BCUT2D eigenvalue weighted by Gasteiger charge is 2.40. The largest absolute Gasteiger partial charge is 0.477 e. The fourth-order valence-electron chi connectivity index (χ4n) is 3.25. The molecule has 4 N–H and O–H groups in total. The van der Waals surface area contributed by atoms with Crippen LogP contribution >= 0.6 is 0 Å². The fraction of sp³-hybridized carbons (Fsp3) is 0.600. The van der Waals surface area contributed by atoms with Crippen molar-refractivity contribution in [2.75, 3.05) is 0 Å². The monoisotopic (exact) mass is 354 g/mol. The van der Waals surface area contributed by atoms with Gasteiger partial charge in [0.05, 0.1) is 0 Å². The predicted molar refractivity (Wildman–Crippen MR) is 86.6 cm³/mol. The molecular formula is C15H22N4O6. The topological polar surface area (TPSA) is 141 Å². The SMILES string of the molecule is CC1(C)CC(OC(=O)N2N=C(C(=O)O)C=C(C(=O)O)N2)CC(C)(C)N1. The molecule has 0 aliphatic carbocycles. The van der Waals surface area contributed by atoms with Gasteiger partial charge in [0.15, 0.2) is 5.71 Å². The smallest absolute Gasteiger partial charge is 0.450 e. The summed E-state index contributed by atoms with van der Waals surface area (Å²) in [5.41, 5.74) is 0.627. The second-order valence-electron chi connectivity index (χ2n) is 7.38. The van der Waals surface area contributed by atoms with E-state index in [1.165, 1.54) is 0 Å². The summed E-state index contributed by atoms with van der Waals surface area (Å²) in [4.78, 5) is 34.5. The first kappa shape index (κ1) is 18.7. The van der Waals surface area contributed by atoms with Crippen LogP contribution in [0.3, 0.4) is 0 Å². The number of hydrazone groups is 1. The molecule has 0 aromatic carbocycles. The summed E-state index contributed by atoms with van der Waals surface area (Å²) in [5, 5.41) is 25.5. The van der Waals surface area contributed by atoms with Crippen LogP contribution in [0.2, 0.25) is 0 Å². The average Bonchev–Trinajstić information content (AvgIpc) is 2.43. The lowest BCUT2D eigenvalue weighted by atomic mass is 9.81. The van der Waals surface area contributed by atoms with Crippen LogP contribution in [0.5, 0.6) is 0 Å². The number of piperidine rings is 1. The molecule has 2 heterocycles. The maximum atomic E-state index is 12.3. The summed E-state index contributed by atoms with van der Waals surface area (Å²) in [6, 6.07) is 0. The van der Waals surface area contributed by atoms with Crippen LogP contribution in [0, 0.1) is 0 Å². The Morgan fingerprint density at radius 3 is 2.20 bits per heavy atom. The summed E-state index contributed by atoms with van der Waals surface area (Å²) < 4.78 is 5.42. The van der Waals surface area contributed by atoms with Crippen molar-refractivity contribution in [1.82, 2.24) is 15.9 Å². The van der Waals surface area contributed by atoms with Gasteiger partial charge in [-0.2, -0.15) is 0 Å². The Labute approximate surface area is 144 Å². The quantitative estimate of drug-likeness (QED) is 0.579. The molecule has 2 aliphatic rings. The molecule has 0 aromatic heterocycles. The number of hydrogen-bond acceptors (Lipinski definition) is 7. The van der Waals surface area contributed by atoms with Crippen LogP contribution in [0.25, 0.3) is 0 Å². The van der Waals surface area contributed by atoms with Crippen LogP contribution in [0.4, 0.5) is 4.79 Å². The van der Waals surface area contributed by atoms with E-state index in [-0.39, 0.29) is 11.1 Å². The van der Waals surface area contributed by atoms with E-state index < -0.39 is 35.5 Å². The molecule has 2 aliphatic heterocycles. The molecule has 1 amide bonds. The minimum Gasteiger partial charge on any atom is -0.477 e. The number of ether oxygens (including phenoxy) is 1. The van der Waals surface area contributed by atoms with Gasteiger partial charge in [-0.05, 0) is 27.7 Å². The van der Waals surface area contributed by atoms with E-state index in [9.17, 15) is 14.4 Å². The third-order valence-corrected chi connectivity index (χ3v) is 3.76. The Balaban J connectivity index is 2.14. The molecule has 0 unspecified atom stereocenters. The van der Waals surface area contributed by atoms with E-state index in [2.05, 4.69) is 15.8 Å². The molecule has 25 heavy (non-hydrogen) atoms. The molecule has 138 valence electrons. The Bertz CT molecular complexity index is 651. The lowest BCUT2D eigenvalue weighted by Gasteiger charge is -2.46. The fourth-order valence-corrected chi connectivity index (χ4v) is 3.25. The van der Waals surface area contributed by atoms with Crippen LogP contribution in [-0.4, -0.2) is 56.3 Å². The molecule has 0 atom stereocenters. The molecular weight excluding hydrogens is 332 g/mol. The molecule has 0 bridgehead atoms. The number of amides is 1. The van der Waals surface area contributed by atoms with Crippen molar-refractivity contribution in [3.05, 3.63) is 11.8 Å². The van der Waals surface area contributed by atoms with Gasteiger partial charge in [-0.25, -0.2) is 14.4 Å². The zero-order valence-electron chi connectivity index (χ0n) is 14.5. The van der Waals surface area contributed by atoms with Gasteiger partial charge < -0.3 is 20.3 Å². The van der Waals surface area contributed by atoms with E-state index in [1.54, 1.807) is 0 Å². The zero-order chi connectivity index (χ0) is 19.0. The number of nitrogens with one attached hydrogen (secondary N) is 2. The highest BCUT2D eigenvalue weighted by atomic mass is 16.6. The standard InChI is InChI=1S/C15H22N4O6/c1-14(2)6-8(7-15(3,4)18-14)25-13(24)19-16-9(11(20)21)5-10(17-19)12(22)23/h5,8,16,18H,6-7H2,1-4H3,(H,20,21)(H,22,23). The minimum absolute atomic E-state index is 0.260. The second-order valence-corrected chi connectivity index (χ2v) is 7.38. The number of carbonyl (C=O) groups is 3. The summed E-state index contributed by atoms with van der Waals surface area (Å²) in [5.74, 6) is -2.88. The van der Waals surface area contributed by atoms with E-state index in [0.29, 0.717) is 18.0 Å². The van der Waals surface area contributed by atoms with Gasteiger partial charge in [-0.1, -0.05) is 0 Å². The summed E-state index contributed by atoms with van der Waals surface area (Å²) in [7, 11) is 0. The molecule has 0 spiro atoms. The van der Waals surface area contributed by atoms with Gasteiger partial charge in [0.2, 0.25) is 0 Å². The van der Waals surface area contributed by atoms with Crippen LogP contribution in [-0.2, 0) is 14.3 Å². The van der Waals surface area contributed by atoms with Crippen molar-refractivity contribution in [3.8, 4) is 0 Å². The zero-order valence-corrected chi connectivity index (χ0v) is 14.5. The predicted octanol–water partition coefficient (Wildman–Crippen LogP) is 0.662. The van der Waals surface area contributed by atoms with Gasteiger partial charge in [0.25, 0.3) is 0 Å². The van der Waals surface area contributed by atoms with Crippen LogP contribution in [0.1, 0.15) is 40.5 Å². The van der Waals surface area contributed by atoms with Gasteiger partial charge in [0.1, 0.15) is 11.8 Å². The average molecular weight is 354 g/mol. The lowest BCUT2D eigenvalue weighted by molar-refractivity contribution is -0.133. The third kappa shape index (κ3) is 4.69. The van der Waals surface area contributed by atoms with E-state index in [0.717, 1.165) is 6.08 Å². The first-order valence-electron chi connectivity index (χ1n) is 7.72. The number of nitrogens with zero attached hydrogens (tertiary/aromatic N) is 2. The van der Waals surface area contributed by atoms with E-state index >= 15 is 0 Å². The number of hydrogen-bond donors (Lipinski definition) is 4. The maximum Gasteiger partial charge on any atom is 0.450 e. The van der Waals surface area contributed by atoms with Crippen LogP contribution in [0.15, 0.2) is 16.9 Å². The number of carboxylic acids is 2. The molecule has 2 rings (SSSR count). The molecule has 0 saturated carbocycles. The van der Waals surface area contributed by atoms with Crippen molar-refractivity contribution >= 4 is 23.7 Å². The van der Waals surface area contributed by atoms with Gasteiger partial charge in [-0.15, -0.1) is 10.2 Å². The highest BCUT2D eigenvalue weighted by Crippen LogP contribution is 2.30. The molecule has 10 nitrogen and oxygen atoms in total. The first-order valence-corrected chi connectivity index (χ1v) is 7.72. The Hall–Kier alpha value is -2.62. The minimum atomic E-state index is -1.46. The normalized spacial score (nSPS) is 22.3. The number of hydrazine groups is 1. The molecule has 10 heteroatoms. The first-order chi connectivity index (χ1) is 11.4. The summed E-state index contributed by atoms with van der Waals surface area (Å²) >= 11 is 0. The van der Waals surface area contributed by atoms with Crippen molar-refractivity contribution in [1.29, 1.82) is 0 Å². The number of rotatable bonds is 3. The van der Waals surface area contributed by atoms with Gasteiger partial charge in [0, 0.05) is 30.0 Å². The summed E-state index contributed by atoms with van der Waals surface area (Å²) in [6.45, 7) is 7.94. The van der Waals surface area contributed by atoms with Gasteiger partial charge >= 0.3 is 18.0 Å². The molecule has 0 radical (unpaired) electrons. The third-order valence-electron chi connectivity index (χ3n) is 3.76. The number of carboxylic acid groups (broad SMARTS) is 2. The Morgan fingerprint density at radius 1 is 1.16 bits per heavy atom. The van der Waals surface area contributed by atoms with Crippen LogP contribution < -0.4 is 10.7 Å². The molecule has 1 saturated heterocycles. The number of carbonyl (C=O) groups excluding carboxylic acids is 1. The molecule has 0 aromatic rings. The molecule has 1 fully saturated rings. The van der Waals surface area contributed by atoms with E-state index in [4.69, 9.17) is 14.9 Å². The second kappa shape index (κ2) is 6.36. The van der Waals surface area contributed by atoms with Crippen molar-refractivity contribution in [3.63, 3.8) is 0 Å². The summed E-state index contributed by atoms with van der Waals surface area (Å²) in [6.07, 6.45) is 0.526. The lowest BCUT2D eigenvalue weighted by Crippen LogP contribution is -2.60. The maximum absolute atomic E-state index is 12.3. The Kier molecular flexibility index (Phi) is 4.76. The van der Waals surface area contributed by atoms with Crippen molar-refractivity contribution < 1.29 is 29.3 Å². The highest BCUT2D eigenvalue weighted by molar-refractivity contribution is 6.41. The van der Waals surface area contributed by atoms with E-state index in [1.807, 2.05) is 27.7 Å². The number of aliphatic carboxylic acids is 2. The Morgan fingerprint density at radius 2 is 1.72 bits per heavy atom.